The van der Waals surface area contributed by atoms with Gasteiger partial charge in [0.2, 0.25) is 0 Å². The molecule has 0 aromatic heterocycles. The highest BCUT2D eigenvalue weighted by atomic mass is 15.2. The standard InChI is InChI=1S/C15H24N4/c1-12(2)10-17-15(16)18-11-13(3)19(4)14-8-6-5-7-9-14/h5-9,13H,1,10-11H2,2-4H3,(H3,16,17,18). The Kier molecular flexibility index (Phi) is 5.93. The number of hydrogen-bond acceptors (Lipinski definition) is 2. The van der Waals surface area contributed by atoms with Gasteiger partial charge in [-0.1, -0.05) is 30.4 Å². The van der Waals surface area contributed by atoms with Crippen LogP contribution < -0.4 is 16.0 Å². The van der Waals surface area contributed by atoms with E-state index in [2.05, 4.69) is 47.9 Å². The zero-order valence-corrected chi connectivity index (χ0v) is 12.1. The molecule has 3 N–H and O–H groups in total. The topological polar surface area (TPSA) is 53.6 Å². The molecule has 0 radical (unpaired) electrons. The Morgan fingerprint density at radius 1 is 1.42 bits per heavy atom. The number of anilines is 1. The molecule has 0 aliphatic heterocycles. The number of aliphatic imine (C=N–C) groups is 1. The highest BCUT2D eigenvalue weighted by Crippen LogP contribution is 2.13. The Bertz CT molecular complexity index is 425. The van der Waals surface area contributed by atoms with E-state index in [1.807, 2.05) is 25.1 Å². The number of para-hydroxylation sites is 1. The molecule has 0 saturated carbocycles. The Morgan fingerprint density at radius 3 is 2.63 bits per heavy atom. The second kappa shape index (κ2) is 7.46. The molecule has 104 valence electrons. The van der Waals surface area contributed by atoms with Crippen LogP contribution in [0.25, 0.3) is 0 Å². The molecule has 1 atom stereocenters. The summed E-state index contributed by atoms with van der Waals surface area (Å²) in [4.78, 5) is 6.53. The lowest BCUT2D eigenvalue weighted by molar-refractivity contribution is 0.693. The molecule has 1 unspecified atom stereocenters. The van der Waals surface area contributed by atoms with Gasteiger partial charge in [0.05, 0.1) is 6.54 Å². The van der Waals surface area contributed by atoms with E-state index >= 15 is 0 Å². The maximum atomic E-state index is 5.79. The Labute approximate surface area is 116 Å². The second-order valence-electron chi connectivity index (χ2n) is 4.83. The van der Waals surface area contributed by atoms with Gasteiger partial charge in [0.1, 0.15) is 0 Å². The lowest BCUT2D eigenvalue weighted by Gasteiger charge is -2.25. The van der Waals surface area contributed by atoms with Crippen molar-refractivity contribution in [2.24, 2.45) is 10.7 Å². The van der Waals surface area contributed by atoms with Crippen LogP contribution in [0.5, 0.6) is 0 Å². The van der Waals surface area contributed by atoms with E-state index in [1.54, 1.807) is 0 Å². The van der Waals surface area contributed by atoms with Crippen molar-refractivity contribution < 1.29 is 0 Å². The fourth-order valence-corrected chi connectivity index (χ4v) is 1.57. The minimum atomic E-state index is 0.285. The fraction of sp³-hybridized carbons (Fsp3) is 0.400. The van der Waals surface area contributed by atoms with Gasteiger partial charge in [-0.15, -0.1) is 0 Å². The molecule has 0 fully saturated rings. The highest BCUT2D eigenvalue weighted by Gasteiger charge is 2.08. The first-order valence-corrected chi connectivity index (χ1v) is 6.46. The minimum absolute atomic E-state index is 0.285. The summed E-state index contributed by atoms with van der Waals surface area (Å²) in [7, 11) is 2.06. The number of hydrogen-bond donors (Lipinski definition) is 2. The van der Waals surface area contributed by atoms with Crippen molar-refractivity contribution in [1.29, 1.82) is 0 Å². The summed E-state index contributed by atoms with van der Waals surface area (Å²) in [6.07, 6.45) is 0. The van der Waals surface area contributed by atoms with Gasteiger partial charge < -0.3 is 16.0 Å². The van der Waals surface area contributed by atoms with Crippen LogP contribution in [0.3, 0.4) is 0 Å². The molecule has 0 saturated heterocycles. The molecule has 0 heterocycles. The predicted octanol–water partition coefficient (Wildman–Crippen LogP) is 1.99. The van der Waals surface area contributed by atoms with Crippen molar-refractivity contribution in [2.45, 2.75) is 19.9 Å². The average Bonchev–Trinajstić information content (AvgIpc) is 2.42. The van der Waals surface area contributed by atoms with Gasteiger partial charge in [0.25, 0.3) is 0 Å². The van der Waals surface area contributed by atoms with E-state index in [1.165, 1.54) is 5.69 Å². The molecule has 4 heteroatoms. The highest BCUT2D eigenvalue weighted by molar-refractivity contribution is 5.78. The van der Waals surface area contributed by atoms with Gasteiger partial charge in [0, 0.05) is 25.3 Å². The Hall–Kier alpha value is -1.97. The molecule has 1 aromatic carbocycles. The van der Waals surface area contributed by atoms with Crippen molar-refractivity contribution in [2.75, 3.05) is 25.0 Å². The van der Waals surface area contributed by atoms with Crippen LogP contribution in [-0.4, -0.2) is 32.1 Å². The largest absolute Gasteiger partial charge is 0.370 e. The van der Waals surface area contributed by atoms with E-state index in [0.717, 1.165) is 5.57 Å². The van der Waals surface area contributed by atoms with Crippen molar-refractivity contribution in [3.63, 3.8) is 0 Å². The molecule has 0 bridgehead atoms. The lowest BCUT2D eigenvalue weighted by Crippen LogP contribution is -2.36. The summed E-state index contributed by atoms with van der Waals surface area (Å²) in [5, 5.41) is 3.03. The van der Waals surface area contributed by atoms with Crippen molar-refractivity contribution in [3.8, 4) is 0 Å². The third kappa shape index (κ3) is 5.46. The van der Waals surface area contributed by atoms with Crippen molar-refractivity contribution >= 4 is 11.6 Å². The Morgan fingerprint density at radius 2 is 2.05 bits per heavy atom. The molecule has 0 amide bonds. The second-order valence-corrected chi connectivity index (χ2v) is 4.83. The smallest absolute Gasteiger partial charge is 0.188 e. The molecular formula is C15H24N4. The summed E-state index contributed by atoms with van der Waals surface area (Å²) in [5.41, 5.74) is 8.00. The maximum Gasteiger partial charge on any atom is 0.188 e. The van der Waals surface area contributed by atoms with Crippen LogP contribution in [0, 0.1) is 0 Å². The fourth-order valence-electron chi connectivity index (χ4n) is 1.57. The molecule has 0 aliphatic carbocycles. The normalized spacial score (nSPS) is 12.9. The van der Waals surface area contributed by atoms with Gasteiger partial charge >= 0.3 is 0 Å². The van der Waals surface area contributed by atoms with E-state index in [0.29, 0.717) is 19.0 Å². The third-order valence-corrected chi connectivity index (χ3v) is 2.92. The van der Waals surface area contributed by atoms with Gasteiger partial charge in [-0.05, 0) is 26.0 Å². The summed E-state index contributed by atoms with van der Waals surface area (Å²) in [6, 6.07) is 10.5. The van der Waals surface area contributed by atoms with Crippen LogP contribution in [0.1, 0.15) is 13.8 Å². The number of nitrogens with one attached hydrogen (secondary N) is 1. The minimum Gasteiger partial charge on any atom is -0.370 e. The number of guanidine groups is 1. The molecule has 4 nitrogen and oxygen atoms in total. The van der Waals surface area contributed by atoms with E-state index in [4.69, 9.17) is 5.73 Å². The number of likely N-dealkylation sites (N-methyl/N-ethyl adjacent to an activating group) is 1. The summed E-state index contributed by atoms with van der Waals surface area (Å²) in [5.74, 6) is 0.469. The molecule has 1 rings (SSSR count). The zero-order valence-electron chi connectivity index (χ0n) is 12.1. The van der Waals surface area contributed by atoms with Gasteiger partial charge in [-0.2, -0.15) is 0 Å². The molecule has 0 spiro atoms. The quantitative estimate of drug-likeness (QED) is 0.467. The van der Waals surface area contributed by atoms with Crippen LogP contribution in [-0.2, 0) is 0 Å². The van der Waals surface area contributed by atoms with Gasteiger partial charge in [-0.3, -0.25) is 4.99 Å². The number of rotatable bonds is 6. The number of benzene rings is 1. The van der Waals surface area contributed by atoms with Crippen LogP contribution in [0.4, 0.5) is 5.69 Å². The lowest BCUT2D eigenvalue weighted by atomic mass is 10.2. The first kappa shape index (κ1) is 15.1. The maximum absolute atomic E-state index is 5.79. The molecular weight excluding hydrogens is 236 g/mol. The summed E-state index contributed by atoms with van der Waals surface area (Å²) < 4.78 is 0. The molecule has 0 aliphatic rings. The van der Waals surface area contributed by atoms with Gasteiger partial charge in [0.15, 0.2) is 5.96 Å². The Balaban J connectivity index is 2.48. The van der Waals surface area contributed by atoms with E-state index < -0.39 is 0 Å². The monoisotopic (exact) mass is 260 g/mol. The van der Waals surface area contributed by atoms with Crippen molar-refractivity contribution in [1.82, 2.24) is 5.32 Å². The van der Waals surface area contributed by atoms with E-state index in [9.17, 15) is 0 Å². The first-order valence-electron chi connectivity index (χ1n) is 6.46. The predicted molar refractivity (Wildman–Crippen MR) is 83.6 cm³/mol. The van der Waals surface area contributed by atoms with Gasteiger partial charge in [-0.25, -0.2) is 0 Å². The number of nitrogens with two attached hydrogens (primary N) is 1. The SMILES string of the molecule is C=C(C)CNC(N)=NCC(C)N(C)c1ccccc1. The van der Waals surface area contributed by atoms with Crippen molar-refractivity contribution in [3.05, 3.63) is 42.5 Å². The first-order chi connectivity index (χ1) is 9.00. The van der Waals surface area contributed by atoms with E-state index in [-0.39, 0.29) is 6.04 Å². The zero-order chi connectivity index (χ0) is 14.3. The average molecular weight is 260 g/mol. The summed E-state index contributed by atoms with van der Waals surface area (Å²) in [6.45, 7) is 9.21. The molecule has 1 aromatic rings. The summed E-state index contributed by atoms with van der Waals surface area (Å²) >= 11 is 0. The van der Waals surface area contributed by atoms with Crippen LogP contribution in [0.2, 0.25) is 0 Å². The molecule has 19 heavy (non-hydrogen) atoms. The third-order valence-electron chi connectivity index (χ3n) is 2.92. The van der Waals surface area contributed by atoms with Crippen LogP contribution in [0.15, 0.2) is 47.5 Å². The van der Waals surface area contributed by atoms with Crippen LogP contribution >= 0.6 is 0 Å². The number of nitrogens with zero attached hydrogens (tertiary/aromatic N) is 2.